The number of hydrogen-bond donors (Lipinski definition) is 3. The zero-order valence-corrected chi connectivity index (χ0v) is 18.1. The van der Waals surface area contributed by atoms with Crippen molar-refractivity contribution < 1.29 is 9.59 Å². The number of aromatic nitrogens is 1. The molecule has 0 bridgehead atoms. The Kier molecular flexibility index (Phi) is 6.97. The van der Waals surface area contributed by atoms with Gasteiger partial charge in [0.2, 0.25) is 11.8 Å². The maximum Gasteiger partial charge on any atom is 0.243 e. The minimum absolute atomic E-state index is 0.0329. The second-order valence-corrected chi connectivity index (χ2v) is 8.16. The van der Waals surface area contributed by atoms with Crippen molar-refractivity contribution in [1.82, 2.24) is 20.5 Å². The van der Waals surface area contributed by atoms with Crippen LogP contribution in [0.4, 0.5) is 5.82 Å². The fraction of sp³-hybridized carbons (Fsp3) is 0.320. The van der Waals surface area contributed by atoms with Gasteiger partial charge in [-0.25, -0.2) is 4.98 Å². The molecule has 2 aromatic carbocycles. The van der Waals surface area contributed by atoms with Crippen LogP contribution in [0.3, 0.4) is 0 Å². The van der Waals surface area contributed by atoms with Crippen LogP contribution < -0.4 is 16.4 Å². The third-order valence-corrected chi connectivity index (χ3v) is 5.90. The summed E-state index contributed by atoms with van der Waals surface area (Å²) in [5, 5.41) is 8.10. The average molecular weight is 432 g/mol. The predicted octanol–water partition coefficient (Wildman–Crippen LogP) is 2.60. The van der Waals surface area contributed by atoms with Gasteiger partial charge in [-0.1, -0.05) is 42.5 Å². The number of piperidine rings is 1. The first-order chi connectivity index (χ1) is 15.6. The fourth-order valence-corrected chi connectivity index (χ4v) is 4.18. The normalized spacial score (nSPS) is 16.1. The Morgan fingerprint density at radius 1 is 1.03 bits per heavy atom. The summed E-state index contributed by atoms with van der Waals surface area (Å²) < 4.78 is 0. The molecule has 4 rings (SSSR count). The van der Waals surface area contributed by atoms with Crippen molar-refractivity contribution in [2.45, 2.75) is 38.4 Å². The third kappa shape index (κ3) is 5.23. The molecule has 0 radical (unpaired) electrons. The first-order valence-electron chi connectivity index (χ1n) is 11.1. The van der Waals surface area contributed by atoms with Gasteiger partial charge in [-0.15, -0.1) is 0 Å². The summed E-state index contributed by atoms with van der Waals surface area (Å²) in [5.74, 6) is 0.361. The topological polar surface area (TPSA) is 100 Å². The number of rotatable bonds is 7. The highest BCUT2D eigenvalue weighted by Crippen LogP contribution is 2.21. The number of likely N-dealkylation sites (tertiary alicyclic amines) is 1. The molecule has 0 saturated carbocycles. The summed E-state index contributed by atoms with van der Waals surface area (Å²) in [4.78, 5) is 31.6. The van der Waals surface area contributed by atoms with Crippen LogP contribution >= 0.6 is 0 Å². The molecular weight excluding hydrogens is 402 g/mol. The Morgan fingerprint density at radius 2 is 1.88 bits per heavy atom. The Bertz CT molecular complexity index is 1090. The summed E-state index contributed by atoms with van der Waals surface area (Å²) in [5.41, 5.74) is 8.02. The quantitative estimate of drug-likeness (QED) is 0.534. The number of nitrogens with zero attached hydrogens (tertiary/aromatic N) is 2. The third-order valence-electron chi connectivity index (χ3n) is 5.90. The standard InChI is InChI=1S/C25H29N5O2/c26-24-21-10-9-19(14-20(21)11-12-28-24)16-29-25(32)22-8-4-5-13-30(22)23(31)17-27-15-18-6-2-1-3-7-18/h1-3,6-7,9-12,14,22,27H,4-5,8,13,15-17H2,(H2,26,28)(H,29,32)/t22-/m0/s1. The van der Waals surface area contributed by atoms with E-state index >= 15 is 0 Å². The first-order valence-corrected chi connectivity index (χ1v) is 11.1. The van der Waals surface area contributed by atoms with Crippen LogP contribution in [0.25, 0.3) is 10.8 Å². The summed E-state index contributed by atoms with van der Waals surface area (Å²) in [6.45, 7) is 1.87. The number of hydrogen-bond acceptors (Lipinski definition) is 5. The van der Waals surface area contributed by atoms with Gasteiger partial charge in [-0.05, 0) is 47.9 Å². The molecular formula is C25H29N5O2. The molecule has 1 fully saturated rings. The highest BCUT2D eigenvalue weighted by atomic mass is 16.2. The van der Waals surface area contributed by atoms with Gasteiger partial charge < -0.3 is 21.3 Å². The largest absolute Gasteiger partial charge is 0.383 e. The number of carbonyl (C=O) groups excluding carboxylic acids is 2. The zero-order chi connectivity index (χ0) is 22.3. The smallest absolute Gasteiger partial charge is 0.243 e. The number of anilines is 1. The van der Waals surface area contributed by atoms with Gasteiger partial charge in [0.05, 0.1) is 6.54 Å². The number of nitrogens with one attached hydrogen (secondary N) is 2. The second-order valence-electron chi connectivity index (χ2n) is 8.16. The minimum atomic E-state index is -0.421. The molecule has 0 aliphatic carbocycles. The Labute approximate surface area is 188 Å². The Morgan fingerprint density at radius 3 is 2.72 bits per heavy atom. The van der Waals surface area contributed by atoms with E-state index in [4.69, 9.17) is 5.73 Å². The molecule has 2 amide bonds. The van der Waals surface area contributed by atoms with Crippen LogP contribution in [0.2, 0.25) is 0 Å². The zero-order valence-electron chi connectivity index (χ0n) is 18.1. The molecule has 1 aliphatic rings. The number of pyridine rings is 1. The maximum absolute atomic E-state index is 12.9. The molecule has 32 heavy (non-hydrogen) atoms. The molecule has 2 heterocycles. The van der Waals surface area contributed by atoms with Gasteiger partial charge in [-0.2, -0.15) is 0 Å². The highest BCUT2D eigenvalue weighted by molar-refractivity contribution is 5.91. The van der Waals surface area contributed by atoms with Gasteiger partial charge >= 0.3 is 0 Å². The van der Waals surface area contributed by atoms with Gasteiger partial charge in [-0.3, -0.25) is 9.59 Å². The number of benzene rings is 2. The Hall–Kier alpha value is -3.45. The molecule has 7 heteroatoms. The summed E-state index contributed by atoms with van der Waals surface area (Å²) >= 11 is 0. The molecule has 1 saturated heterocycles. The lowest BCUT2D eigenvalue weighted by Crippen LogP contribution is -2.53. The second kappa shape index (κ2) is 10.2. The molecule has 1 aromatic heterocycles. The van der Waals surface area contributed by atoms with Gasteiger partial charge in [0, 0.05) is 31.2 Å². The molecule has 3 aromatic rings. The first kappa shape index (κ1) is 21.8. The highest BCUT2D eigenvalue weighted by Gasteiger charge is 2.31. The molecule has 166 valence electrons. The minimum Gasteiger partial charge on any atom is -0.383 e. The number of carbonyl (C=O) groups is 2. The van der Waals surface area contributed by atoms with Crippen LogP contribution in [0.15, 0.2) is 60.8 Å². The van der Waals surface area contributed by atoms with Crippen molar-refractivity contribution in [1.29, 1.82) is 0 Å². The van der Waals surface area contributed by atoms with E-state index in [1.807, 2.05) is 54.6 Å². The van der Waals surface area contributed by atoms with Crippen LogP contribution in [0, 0.1) is 0 Å². The number of nitrogens with two attached hydrogens (primary N) is 1. The van der Waals surface area contributed by atoms with Crippen molar-refractivity contribution >= 4 is 28.4 Å². The van der Waals surface area contributed by atoms with Crippen molar-refractivity contribution in [2.75, 3.05) is 18.8 Å². The lowest BCUT2D eigenvalue weighted by Gasteiger charge is -2.35. The van der Waals surface area contributed by atoms with Crippen LogP contribution in [0.1, 0.15) is 30.4 Å². The lowest BCUT2D eigenvalue weighted by molar-refractivity contribution is -0.141. The summed E-state index contributed by atoms with van der Waals surface area (Å²) in [6, 6.07) is 17.3. The van der Waals surface area contributed by atoms with Crippen molar-refractivity contribution in [3.05, 3.63) is 71.9 Å². The van der Waals surface area contributed by atoms with Crippen molar-refractivity contribution in [3.8, 4) is 0 Å². The summed E-state index contributed by atoms with van der Waals surface area (Å²) in [6.07, 6.45) is 4.24. The van der Waals surface area contributed by atoms with Gasteiger partial charge in [0.15, 0.2) is 0 Å². The maximum atomic E-state index is 12.9. The van der Waals surface area contributed by atoms with Crippen molar-refractivity contribution in [2.24, 2.45) is 0 Å². The fourth-order valence-electron chi connectivity index (χ4n) is 4.18. The molecule has 1 aliphatic heterocycles. The van der Waals surface area contributed by atoms with E-state index in [2.05, 4.69) is 15.6 Å². The molecule has 7 nitrogen and oxygen atoms in total. The van der Waals surface area contributed by atoms with E-state index in [9.17, 15) is 9.59 Å². The predicted molar refractivity (Wildman–Crippen MR) is 126 cm³/mol. The monoisotopic (exact) mass is 431 g/mol. The van der Waals surface area contributed by atoms with Crippen molar-refractivity contribution in [3.63, 3.8) is 0 Å². The Balaban J connectivity index is 1.33. The SMILES string of the molecule is Nc1nccc2cc(CNC(=O)[C@@H]3CCCCN3C(=O)CNCc3ccccc3)ccc12. The molecule has 0 unspecified atom stereocenters. The molecule has 1 atom stereocenters. The van der Waals surface area contributed by atoms with E-state index in [0.29, 0.717) is 31.9 Å². The van der Waals surface area contributed by atoms with Gasteiger partial charge in [0.25, 0.3) is 0 Å². The number of nitrogen functional groups attached to an aromatic ring is 1. The van der Waals surface area contributed by atoms with Crippen LogP contribution in [0.5, 0.6) is 0 Å². The van der Waals surface area contributed by atoms with E-state index in [-0.39, 0.29) is 18.4 Å². The lowest BCUT2D eigenvalue weighted by atomic mass is 10.0. The van der Waals surface area contributed by atoms with Gasteiger partial charge in [0.1, 0.15) is 11.9 Å². The number of fused-ring (bicyclic) bond motifs is 1. The van der Waals surface area contributed by atoms with Crippen LogP contribution in [-0.4, -0.2) is 40.8 Å². The average Bonchev–Trinajstić information content (AvgIpc) is 2.83. The van der Waals surface area contributed by atoms with E-state index in [1.165, 1.54) is 0 Å². The summed E-state index contributed by atoms with van der Waals surface area (Å²) in [7, 11) is 0. The van der Waals surface area contributed by atoms with E-state index in [0.717, 1.165) is 34.7 Å². The van der Waals surface area contributed by atoms with E-state index < -0.39 is 6.04 Å². The van der Waals surface area contributed by atoms with E-state index in [1.54, 1.807) is 11.1 Å². The number of amides is 2. The molecule has 4 N–H and O–H groups in total. The molecule has 0 spiro atoms. The van der Waals surface area contributed by atoms with Crippen LogP contribution in [-0.2, 0) is 22.7 Å².